The molecule has 0 aliphatic carbocycles. The molecule has 0 spiro atoms. The van der Waals surface area contributed by atoms with E-state index in [1.54, 1.807) is 0 Å². The van der Waals surface area contributed by atoms with Crippen molar-refractivity contribution in [1.82, 2.24) is 0 Å². The van der Waals surface area contributed by atoms with Crippen LogP contribution in [0, 0.1) is 0 Å². The van der Waals surface area contributed by atoms with Gasteiger partial charge in [-0.1, -0.05) is 12.1 Å². The summed E-state index contributed by atoms with van der Waals surface area (Å²) in [4.78, 5) is 1.21. The Bertz CT molecular complexity index is 331. The van der Waals surface area contributed by atoms with Gasteiger partial charge in [0, 0.05) is 17.0 Å². The standard InChI is InChI=1S/C10H14N2OS.HI/c1-3-6-14-10-4-5-12(2)9(7-10)8-11-13;/h4-5,7-8H,3,6H2,1-2H3;1H. The third-order valence-corrected chi connectivity index (χ3v) is 3.02. The van der Waals surface area contributed by atoms with Crippen LogP contribution in [0.15, 0.2) is 28.4 Å². The number of aryl methyl sites for hydroxylation is 1. The highest BCUT2D eigenvalue weighted by molar-refractivity contribution is 7.99. The van der Waals surface area contributed by atoms with E-state index in [0.29, 0.717) is 0 Å². The van der Waals surface area contributed by atoms with Crippen molar-refractivity contribution in [2.24, 2.45) is 12.2 Å². The minimum atomic E-state index is 0. The zero-order chi connectivity index (χ0) is 10.4. The van der Waals surface area contributed by atoms with Crippen LogP contribution in [0.2, 0.25) is 0 Å². The van der Waals surface area contributed by atoms with E-state index >= 15 is 0 Å². The summed E-state index contributed by atoms with van der Waals surface area (Å²) in [5, 5.41) is 11.5. The fourth-order valence-corrected chi connectivity index (χ4v) is 1.87. The molecule has 15 heavy (non-hydrogen) atoms. The number of pyridine rings is 1. The van der Waals surface area contributed by atoms with Gasteiger partial charge in [0.2, 0.25) is 5.69 Å². The lowest BCUT2D eigenvalue weighted by molar-refractivity contribution is -0.672. The first-order chi connectivity index (χ1) is 6.77. The Balaban J connectivity index is 0.00000196. The molecule has 1 heterocycles. The van der Waals surface area contributed by atoms with E-state index in [9.17, 15) is 0 Å². The summed E-state index contributed by atoms with van der Waals surface area (Å²) in [6, 6.07) is 4.08. The minimum Gasteiger partial charge on any atom is -1.00 e. The van der Waals surface area contributed by atoms with Crippen LogP contribution in [-0.2, 0) is 7.05 Å². The summed E-state index contributed by atoms with van der Waals surface area (Å²) in [6.07, 6.45) is 4.57. The zero-order valence-corrected chi connectivity index (χ0v) is 11.8. The SMILES string of the molecule is CCCSc1cc[n+](C)c(/C=N/O)c1.[I-]. The van der Waals surface area contributed by atoms with Gasteiger partial charge in [-0.25, -0.2) is 4.57 Å². The van der Waals surface area contributed by atoms with Gasteiger partial charge in [0.15, 0.2) is 6.20 Å². The summed E-state index contributed by atoms with van der Waals surface area (Å²) in [6.45, 7) is 2.16. The second kappa shape index (κ2) is 7.92. The molecular weight excluding hydrogens is 323 g/mol. The second-order valence-electron chi connectivity index (χ2n) is 2.99. The smallest absolute Gasteiger partial charge is 0.227 e. The van der Waals surface area contributed by atoms with Crippen LogP contribution in [0.1, 0.15) is 19.0 Å². The molecule has 0 unspecified atom stereocenters. The third-order valence-electron chi connectivity index (χ3n) is 1.82. The Hall–Kier alpha value is -0.300. The van der Waals surface area contributed by atoms with Crippen molar-refractivity contribution in [2.75, 3.05) is 5.75 Å². The highest BCUT2D eigenvalue weighted by atomic mass is 127. The molecule has 1 N–H and O–H groups in total. The highest BCUT2D eigenvalue weighted by Crippen LogP contribution is 2.17. The van der Waals surface area contributed by atoms with Crippen LogP contribution < -0.4 is 28.5 Å². The lowest BCUT2D eigenvalue weighted by atomic mass is 10.3. The van der Waals surface area contributed by atoms with Crippen molar-refractivity contribution in [3.8, 4) is 0 Å². The molecule has 0 bridgehead atoms. The first-order valence-corrected chi connectivity index (χ1v) is 5.56. The van der Waals surface area contributed by atoms with E-state index in [2.05, 4.69) is 18.1 Å². The van der Waals surface area contributed by atoms with Crippen molar-refractivity contribution >= 4 is 18.0 Å². The summed E-state index contributed by atoms with van der Waals surface area (Å²) >= 11 is 1.81. The van der Waals surface area contributed by atoms with Gasteiger partial charge in [-0.15, -0.1) is 11.8 Å². The van der Waals surface area contributed by atoms with E-state index in [0.717, 1.165) is 17.9 Å². The Morgan fingerprint density at radius 3 is 2.93 bits per heavy atom. The Labute approximate surface area is 112 Å². The fraction of sp³-hybridized carbons (Fsp3) is 0.400. The maximum Gasteiger partial charge on any atom is 0.227 e. The second-order valence-corrected chi connectivity index (χ2v) is 4.16. The van der Waals surface area contributed by atoms with E-state index in [1.807, 2.05) is 35.6 Å². The molecule has 0 saturated heterocycles. The summed E-state index contributed by atoms with van der Waals surface area (Å²) in [7, 11) is 1.92. The molecule has 1 rings (SSSR count). The first kappa shape index (κ1) is 14.7. The molecule has 0 amide bonds. The predicted octanol–water partition coefficient (Wildman–Crippen LogP) is -1.17. The molecule has 0 aliphatic rings. The quantitative estimate of drug-likeness (QED) is 0.188. The van der Waals surface area contributed by atoms with Gasteiger partial charge in [0.25, 0.3) is 0 Å². The van der Waals surface area contributed by atoms with Crippen molar-refractivity contribution in [3.63, 3.8) is 0 Å². The van der Waals surface area contributed by atoms with Crippen LogP contribution in [-0.4, -0.2) is 17.2 Å². The predicted molar refractivity (Wildman–Crippen MR) is 58.0 cm³/mol. The normalized spacial score (nSPS) is 10.3. The van der Waals surface area contributed by atoms with E-state index in [4.69, 9.17) is 5.21 Å². The number of hydrogen-bond donors (Lipinski definition) is 1. The van der Waals surface area contributed by atoms with Crippen LogP contribution in [0.3, 0.4) is 0 Å². The summed E-state index contributed by atoms with van der Waals surface area (Å²) < 4.78 is 1.91. The fourth-order valence-electron chi connectivity index (χ4n) is 1.06. The van der Waals surface area contributed by atoms with E-state index < -0.39 is 0 Å². The summed E-state index contributed by atoms with van der Waals surface area (Å²) in [5.41, 5.74) is 0.897. The van der Waals surface area contributed by atoms with Crippen LogP contribution in [0.4, 0.5) is 0 Å². The number of halogens is 1. The number of oxime groups is 1. The molecule has 0 atom stereocenters. The molecule has 0 saturated carbocycles. The largest absolute Gasteiger partial charge is 1.00 e. The third kappa shape index (κ3) is 4.83. The van der Waals surface area contributed by atoms with Crippen LogP contribution in [0.5, 0.6) is 0 Å². The molecule has 1 aromatic heterocycles. The average molecular weight is 338 g/mol. The maximum atomic E-state index is 8.46. The highest BCUT2D eigenvalue weighted by Gasteiger charge is 2.05. The molecule has 1 aromatic rings. The molecule has 3 nitrogen and oxygen atoms in total. The lowest BCUT2D eigenvalue weighted by Crippen LogP contribution is -3.00. The number of rotatable bonds is 4. The van der Waals surface area contributed by atoms with Crippen molar-refractivity contribution in [1.29, 1.82) is 0 Å². The summed E-state index contributed by atoms with van der Waals surface area (Å²) in [5.74, 6) is 1.11. The van der Waals surface area contributed by atoms with E-state index in [1.165, 1.54) is 11.1 Å². The first-order valence-electron chi connectivity index (χ1n) is 4.58. The van der Waals surface area contributed by atoms with Crippen LogP contribution in [0.25, 0.3) is 0 Å². The molecule has 0 aromatic carbocycles. The number of nitrogens with zero attached hydrogens (tertiary/aromatic N) is 2. The van der Waals surface area contributed by atoms with Crippen molar-refractivity contribution in [3.05, 3.63) is 24.0 Å². The lowest BCUT2D eigenvalue weighted by Gasteiger charge is -1.99. The van der Waals surface area contributed by atoms with Gasteiger partial charge in [0.05, 0.1) is 0 Å². The Kier molecular flexibility index (Phi) is 7.76. The molecule has 5 heteroatoms. The zero-order valence-electron chi connectivity index (χ0n) is 8.85. The average Bonchev–Trinajstić information content (AvgIpc) is 2.19. The topological polar surface area (TPSA) is 36.5 Å². The monoisotopic (exact) mass is 338 g/mol. The van der Waals surface area contributed by atoms with Crippen molar-refractivity contribution in [2.45, 2.75) is 18.2 Å². The molecular formula is C10H15IN2OS. The maximum absolute atomic E-state index is 8.46. The van der Waals surface area contributed by atoms with Gasteiger partial charge < -0.3 is 29.2 Å². The van der Waals surface area contributed by atoms with Gasteiger partial charge in [-0.2, -0.15) is 0 Å². The molecule has 0 radical (unpaired) electrons. The van der Waals surface area contributed by atoms with Gasteiger partial charge in [-0.05, 0) is 12.2 Å². The van der Waals surface area contributed by atoms with Gasteiger partial charge >= 0.3 is 0 Å². The molecule has 0 aliphatic heterocycles. The number of aromatic nitrogens is 1. The van der Waals surface area contributed by atoms with E-state index in [-0.39, 0.29) is 24.0 Å². The number of hydrogen-bond acceptors (Lipinski definition) is 3. The Morgan fingerprint density at radius 2 is 2.33 bits per heavy atom. The van der Waals surface area contributed by atoms with Gasteiger partial charge in [-0.3, -0.25) is 0 Å². The Morgan fingerprint density at radius 1 is 1.60 bits per heavy atom. The minimum absolute atomic E-state index is 0. The van der Waals surface area contributed by atoms with Crippen molar-refractivity contribution < 1.29 is 33.8 Å². The number of thioether (sulfide) groups is 1. The van der Waals surface area contributed by atoms with Gasteiger partial charge in [0.1, 0.15) is 13.3 Å². The van der Waals surface area contributed by atoms with Crippen LogP contribution >= 0.6 is 11.8 Å². The molecule has 0 fully saturated rings. The molecule has 84 valence electrons.